The molecule has 0 aliphatic carbocycles. The second-order valence-electron chi connectivity index (χ2n) is 1.97. The highest BCUT2D eigenvalue weighted by Crippen LogP contribution is 1.85. The van der Waals surface area contributed by atoms with Gasteiger partial charge in [-0.3, -0.25) is 10.1 Å². The quantitative estimate of drug-likeness (QED) is 0.426. The van der Waals surface area contributed by atoms with E-state index in [0.717, 1.165) is 0 Å². The molecule has 6 heteroatoms. The molecule has 1 saturated heterocycles. The minimum absolute atomic E-state index is 0.00810. The Morgan fingerprint density at radius 1 is 1.64 bits per heavy atom. The smallest absolute Gasteiger partial charge is 0.434 e. The van der Waals surface area contributed by atoms with E-state index in [1.807, 2.05) is 0 Å². The van der Waals surface area contributed by atoms with Crippen molar-refractivity contribution in [1.29, 1.82) is 0 Å². The van der Waals surface area contributed by atoms with E-state index in [2.05, 4.69) is 15.6 Å². The molecule has 3 N–H and O–H groups in total. The van der Waals surface area contributed by atoms with Crippen LogP contribution in [-0.2, 0) is 4.79 Å². The molecule has 2 amide bonds. The molecule has 0 bridgehead atoms. The topological polar surface area (TPSA) is 90.8 Å². The van der Waals surface area contributed by atoms with Crippen LogP contribution < -0.4 is 10.6 Å². The Morgan fingerprint density at radius 2 is 2.36 bits per heavy atom. The number of aliphatic imine (C=N–C) groups is 1. The first-order valence-corrected chi connectivity index (χ1v) is 3.04. The zero-order chi connectivity index (χ0) is 8.27. The average molecular weight is 157 g/mol. The summed E-state index contributed by atoms with van der Waals surface area (Å²) in [5.41, 5.74) is 0. The minimum atomic E-state index is -1.32. The van der Waals surface area contributed by atoms with E-state index >= 15 is 0 Å². The monoisotopic (exact) mass is 157 g/mol. The Bertz CT molecular complexity index is 223. The minimum Gasteiger partial charge on any atom is -0.463 e. The summed E-state index contributed by atoms with van der Waals surface area (Å²) in [4.78, 5) is 23.7. The van der Waals surface area contributed by atoms with Crippen molar-refractivity contribution < 1.29 is 14.7 Å². The second-order valence-corrected chi connectivity index (χ2v) is 1.97. The molecule has 0 unspecified atom stereocenters. The summed E-state index contributed by atoms with van der Waals surface area (Å²) >= 11 is 0. The molecule has 0 saturated carbocycles. The van der Waals surface area contributed by atoms with E-state index in [9.17, 15) is 9.59 Å². The molecule has 1 fully saturated rings. The maximum Gasteiger partial charge on any atom is 0.434 e. The van der Waals surface area contributed by atoms with Crippen LogP contribution in [0.5, 0.6) is 0 Å². The summed E-state index contributed by atoms with van der Waals surface area (Å²) in [6.07, 6.45) is -0.978. The first-order valence-electron chi connectivity index (χ1n) is 3.04. The molecule has 1 aliphatic heterocycles. The van der Waals surface area contributed by atoms with Gasteiger partial charge in [-0.2, -0.15) is 0 Å². The van der Waals surface area contributed by atoms with Gasteiger partial charge in [0.05, 0.1) is 0 Å². The molecule has 0 spiro atoms. The molecular formula is C5H7N3O3. The number of hydrogen-bond acceptors (Lipinski definition) is 2. The predicted molar refractivity (Wildman–Crippen MR) is 36.2 cm³/mol. The van der Waals surface area contributed by atoms with Crippen molar-refractivity contribution in [1.82, 2.24) is 10.6 Å². The van der Waals surface area contributed by atoms with Crippen LogP contribution in [0.1, 0.15) is 6.42 Å². The van der Waals surface area contributed by atoms with Crippen LogP contribution in [0, 0.1) is 0 Å². The summed E-state index contributed by atoms with van der Waals surface area (Å²) in [7, 11) is 0. The van der Waals surface area contributed by atoms with Crippen molar-refractivity contribution in [3.8, 4) is 0 Å². The average Bonchev–Trinajstić information content (AvgIpc) is 1.85. The molecule has 11 heavy (non-hydrogen) atoms. The van der Waals surface area contributed by atoms with E-state index in [1.54, 1.807) is 0 Å². The summed E-state index contributed by atoms with van der Waals surface area (Å²) in [6, 6.07) is 0. The number of carbonyl (C=O) groups is 2. The molecule has 60 valence electrons. The highest BCUT2D eigenvalue weighted by molar-refractivity contribution is 6.02. The van der Waals surface area contributed by atoms with Crippen LogP contribution in [0.4, 0.5) is 4.79 Å². The van der Waals surface area contributed by atoms with Crippen molar-refractivity contribution in [2.24, 2.45) is 4.99 Å². The highest BCUT2D eigenvalue weighted by atomic mass is 16.4. The largest absolute Gasteiger partial charge is 0.463 e. The Balaban J connectivity index is 2.59. The summed E-state index contributed by atoms with van der Waals surface area (Å²) < 4.78 is 0. The number of carbonyl (C=O) groups excluding carboxylic acids is 1. The van der Waals surface area contributed by atoms with Gasteiger partial charge in [-0.05, 0) is 0 Å². The van der Waals surface area contributed by atoms with Crippen LogP contribution in [-0.4, -0.2) is 29.6 Å². The second kappa shape index (κ2) is 3.00. The summed E-state index contributed by atoms with van der Waals surface area (Å²) in [5.74, 6) is -0.211. The highest BCUT2D eigenvalue weighted by Gasteiger charge is 2.12. The van der Waals surface area contributed by atoms with Gasteiger partial charge >= 0.3 is 6.09 Å². The normalized spacial score (nSPS) is 20.7. The van der Waals surface area contributed by atoms with Gasteiger partial charge in [0.1, 0.15) is 0 Å². The van der Waals surface area contributed by atoms with E-state index in [0.29, 0.717) is 13.0 Å². The van der Waals surface area contributed by atoms with E-state index in [1.165, 1.54) is 0 Å². The molecule has 1 heterocycles. The van der Waals surface area contributed by atoms with Crippen LogP contribution in [0.2, 0.25) is 0 Å². The van der Waals surface area contributed by atoms with Gasteiger partial charge in [0, 0.05) is 13.0 Å². The lowest BCUT2D eigenvalue weighted by Gasteiger charge is -2.14. The van der Waals surface area contributed by atoms with Crippen molar-refractivity contribution in [3.05, 3.63) is 0 Å². The zero-order valence-corrected chi connectivity index (χ0v) is 5.63. The Hall–Kier alpha value is -1.59. The Kier molecular flexibility index (Phi) is 2.05. The molecule has 0 aromatic carbocycles. The van der Waals surface area contributed by atoms with Crippen LogP contribution in [0.25, 0.3) is 0 Å². The summed E-state index contributed by atoms with van der Waals surface area (Å²) in [6.45, 7) is 0.429. The fourth-order valence-corrected chi connectivity index (χ4v) is 0.696. The molecule has 0 atom stereocenters. The van der Waals surface area contributed by atoms with E-state index in [-0.39, 0.29) is 11.9 Å². The van der Waals surface area contributed by atoms with Gasteiger partial charge in [0.15, 0.2) is 0 Å². The lowest BCUT2D eigenvalue weighted by Crippen LogP contribution is -2.47. The Morgan fingerprint density at radius 3 is 2.91 bits per heavy atom. The van der Waals surface area contributed by atoms with Crippen molar-refractivity contribution >= 4 is 18.0 Å². The number of guanidine groups is 1. The van der Waals surface area contributed by atoms with Gasteiger partial charge in [0.25, 0.3) is 0 Å². The van der Waals surface area contributed by atoms with Crippen molar-refractivity contribution in [3.63, 3.8) is 0 Å². The molecule has 0 radical (unpaired) electrons. The van der Waals surface area contributed by atoms with Crippen molar-refractivity contribution in [2.75, 3.05) is 6.54 Å². The number of hydrogen-bond donors (Lipinski definition) is 3. The summed E-state index contributed by atoms with van der Waals surface area (Å²) in [5, 5.41) is 13.1. The maximum atomic E-state index is 10.6. The molecular weight excluding hydrogens is 150 g/mol. The van der Waals surface area contributed by atoms with Gasteiger partial charge in [-0.1, -0.05) is 0 Å². The van der Waals surface area contributed by atoms with Gasteiger partial charge < -0.3 is 10.4 Å². The SMILES string of the molecule is O=C(O)N=C1NCCC(=O)N1. The van der Waals surface area contributed by atoms with Crippen LogP contribution >= 0.6 is 0 Å². The lowest BCUT2D eigenvalue weighted by atomic mass is 10.3. The molecule has 1 aliphatic rings. The third-order valence-electron chi connectivity index (χ3n) is 1.11. The van der Waals surface area contributed by atoms with Crippen molar-refractivity contribution in [2.45, 2.75) is 6.42 Å². The standard InChI is InChI=1S/C5H7N3O3/c9-3-1-2-6-4(7-3)8-5(10)11/h1-2H2,(H,10,11)(H2,6,7,8,9). The first kappa shape index (κ1) is 7.52. The van der Waals surface area contributed by atoms with E-state index < -0.39 is 6.09 Å². The Labute approximate surface area is 62.3 Å². The first-order chi connectivity index (χ1) is 5.18. The number of nitrogens with zero attached hydrogens (tertiary/aromatic N) is 1. The number of nitrogens with one attached hydrogen (secondary N) is 2. The number of amides is 2. The van der Waals surface area contributed by atoms with E-state index in [4.69, 9.17) is 5.11 Å². The van der Waals surface area contributed by atoms with Gasteiger partial charge in [0.2, 0.25) is 11.9 Å². The van der Waals surface area contributed by atoms with Gasteiger partial charge in [-0.25, -0.2) is 4.79 Å². The molecule has 1 rings (SSSR count). The fourth-order valence-electron chi connectivity index (χ4n) is 0.696. The maximum absolute atomic E-state index is 10.6. The van der Waals surface area contributed by atoms with Crippen LogP contribution in [0.3, 0.4) is 0 Å². The van der Waals surface area contributed by atoms with Gasteiger partial charge in [-0.15, -0.1) is 4.99 Å². The fraction of sp³-hybridized carbons (Fsp3) is 0.400. The number of rotatable bonds is 0. The van der Waals surface area contributed by atoms with Crippen LogP contribution in [0.15, 0.2) is 4.99 Å². The predicted octanol–water partition coefficient (Wildman–Crippen LogP) is -0.870. The zero-order valence-electron chi connectivity index (χ0n) is 5.63. The third kappa shape index (κ3) is 2.24. The molecule has 0 aromatic rings. The molecule has 6 nitrogen and oxygen atoms in total. The lowest BCUT2D eigenvalue weighted by molar-refractivity contribution is -0.120. The molecule has 0 aromatic heterocycles. The number of carboxylic acid groups (broad SMARTS) is 1. The third-order valence-corrected chi connectivity index (χ3v) is 1.11.